The minimum Gasteiger partial charge on any atom is -0.478 e. The Labute approximate surface area is 167 Å². The number of nitrogens with zero attached hydrogens (tertiary/aromatic N) is 2. The molecule has 0 saturated carbocycles. The Bertz CT molecular complexity index is 1090. The van der Waals surface area contributed by atoms with Crippen molar-refractivity contribution in [1.29, 1.82) is 0 Å². The van der Waals surface area contributed by atoms with E-state index in [-0.39, 0.29) is 23.9 Å². The van der Waals surface area contributed by atoms with Gasteiger partial charge in [0.2, 0.25) is 5.91 Å². The number of hydrogen-bond donors (Lipinski definition) is 2. The molecule has 2 aromatic carbocycles. The Balaban J connectivity index is 1.86. The number of carbonyl (C=O) groups is 2. The molecule has 0 spiro atoms. The molecule has 2 N–H and O–H groups in total. The van der Waals surface area contributed by atoms with Gasteiger partial charge in [0.05, 0.1) is 29.7 Å². The first-order chi connectivity index (χ1) is 13.3. The van der Waals surface area contributed by atoms with Crippen molar-refractivity contribution < 1.29 is 14.7 Å². The number of nitrogens with one attached hydrogen (secondary N) is 1. The van der Waals surface area contributed by atoms with Crippen LogP contribution in [0.15, 0.2) is 36.5 Å². The van der Waals surface area contributed by atoms with Crippen LogP contribution in [-0.4, -0.2) is 27.2 Å². The molecule has 2 heterocycles. The molecule has 6 nitrogen and oxygen atoms in total. The highest BCUT2D eigenvalue weighted by Crippen LogP contribution is 2.41. The van der Waals surface area contributed by atoms with Crippen molar-refractivity contribution in [2.45, 2.75) is 32.7 Å². The van der Waals surface area contributed by atoms with Gasteiger partial charge in [0.25, 0.3) is 0 Å². The van der Waals surface area contributed by atoms with E-state index in [2.05, 4.69) is 24.0 Å². The zero-order valence-corrected chi connectivity index (χ0v) is 16.3. The summed E-state index contributed by atoms with van der Waals surface area (Å²) in [6.45, 7) is 4.22. The number of aromatic nitrogens is 2. The highest BCUT2D eigenvalue weighted by Gasteiger charge is 2.35. The maximum absolute atomic E-state index is 13.0. The van der Waals surface area contributed by atoms with Gasteiger partial charge in [-0.3, -0.25) is 9.89 Å². The van der Waals surface area contributed by atoms with Crippen LogP contribution in [0, 0.1) is 5.92 Å². The number of amides is 1. The van der Waals surface area contributed by atoms with E-state index in [1.54, 1.807) is 29.3 Å². The second-order valence-corrected chi connectivity index (χ2v) is 8.00. The fraction of sp³-hybridized carbons (Fsp3) is 0.286. The third kappa shape index (κ3) is 3.14. The number of carboxylic acid groups (broad SMARTS) is 1. The van der Waals surface area contributed by atoms with E-state index in [0.29, 0.717) is 10.9 Å². The van der Waals surface area contributed by atoms with Crippen molar-refractivity contribution >= 4 is 40.1 Å². The quantitative estimate of drug-likeness (QED) is 0.659. The highest BCUT2D eigenvalue weighted by molar-refractivity contribution is 6.31. The molecule has 0 bridgehead atoms. The van der Waals surface area contributed by atoms with Crippen LogP contribution in [0.3, 0.4) is 0 Å². The molecule has 0 radical (unpaired) electrons. The van der Waals surface area contributed by atoms with Crippen molar-refractivity contribution in [3.63, 3.8) is 0 Å². The number of anilines is 1. The number of halogens is 1. The number of aromatic amines is 1. The van der Waals surface area contributed by atoms with Crippen LogP contribution in [0.2, 0.25) is 5.02 Å². The molecule has 1 aliphatic heterocycles. The molecule has 1 amide bonds. The smallest absolute Gasteiger partial charge is 0.335 e. The standard InChI is InChI=1S/C21H20ClN3O3/c1-11(2)5-18(16-9-15(22)7-14-10-23-24-20(14)16)25-17-4-3-12(21(27)28)6-13(17)8-19(25)26/h3-4,6-7,9-11,18H,5,8H2,1-2H3,(H,23,24)(H,27,28). The molecule has 7 heteroatoms. The van der Waals surface area contributed by atoms with E-state index in [0.717, 1.165) is 34.1 Å². The molecule has 1 aliphatic rings. The largest absolute Gasteiger partial charge is 0.478 e. The Kier molecular flexibility index (Phi) is 4.59. The molecule has 1 atom stereocenters. The van der Waals surface area contributed by atoms with Gasteiger partial charge in [-0.2, -0.15) is 5.10 Å². The van der Waals surface area contributed by atoms with Crippen molar-refractivity contribution in [2.75, 3.05) is 4.90 Å². The summed E-state index contributed by atoms with van der Waals surface area (Å²) in [7, 11) is 0. The average Bonchev–Trinajstić information content (AvgIpc) is 3.21. The van der Waals surface area contributed by atoms with Gasteiger partial charge in [-0.15, -0.1) is 0 Å². The molecule has 1 aromatic heterocycles. The lowest BCUT2D eigenvalue weighted by atomic mass is 9.94. The van der Waals surface area contributed by atoms with Crippen LogP contribution in [0.4, 0.5) is 5.69 Å². The summed E-state index contributed by atoms with van der Waals surface area (Å²) in [5.41, 5.74) is 3.46. The predicted molar refractivity (Wildman–Crippen MR) is 108 cm³/mol. The van der Waals surface area contributed by atoms with Crippen molar-refractivity contribution in [2.24, 2.45) is 5.92 Å². The van der Waals surface area contributed by atoms with E-state index < -0.39 is 5.97 Å². The third-order valence-electron chi connectivity index (χ3n) is 5.11. The number of H-pyrrole nitrogens is 1. The summed E-state index contributed by atoms with van der Waals surface area (Å²) >= 11 is 6.35. The van der Waals surface area contributed by atoms with Crippen LogP contribution in [0.1, 0.15) is 47.8 Å². The molecular formula is C21H20ClN3O3. The van der Waals surface area contributed by atoms with Crippen molar-refractivity contribution in [3.8, 4) is 0 Å². The summed E-state index contributed by atoms with van der Waals surface area (Å²) in [5, 5.41) is 17.9. The minimum atomic E-state index is -0.999. The maximum Gasteiger partial charge on any atom is 0.335 e. The Morgan fingerprint density at radius 3 is 2.82 bits per heavy atom. The van der Waals surface area contributed by atoms with Crippen LogP contribution in [0.25, 0.3) is 10.9 Å². The number of benzene rings is 2. The fourth-order valence-electron chi connectivity index (χ4n) is 3.95. The molecule has 1 unspecified atom stereocenters. The summed E-state index contributed by atoms with van der Waals surface area (Å²) in [4.78, 5) is 26.1. The summed E-state index contributed by atoms with van der Waals surface area (Å²) in [6.07, 6.45) is 2.65. The summed E-state index contributed by atoms with van der Waals surface area (Å²) in [5.74, 6) is -0.714. The molecule has 0 fully saturated rings. The second kappa shape index (κ2) is 6.95. The molecule has 0 aliphatic carbocycles. The summed E-state index contributed by atoms with van der Waals surface area (Å²) in [6, 6.07) is 8.35. The number of carboxylic acids is 1. The molecule has 4 rings (SSSR count). The van der Waals surface area contributed by atoms with Crippen LogP contribution < -0.4 is 4.90 Å². The first kappa shape index (κ1) is 18.5. The fourth-order valence-corrected chi connectivity index (χ4v) is 4.18. The SMILES string of the molecule is CC(C)CC(c1cc(Cl)cc2cn[nH]c12)N1C(=O)Cc2cc(C(=O)O)ccc21. The van der Waals surface area contributed by atoms with E-state index in [4.69, 9.17) is 11.6 Å². The zero-order valence-electron chi connectivity index (χ0n) is 15.6. The topological polar surface area (TPSA) is 86.3 Å². The number of aromatic carboxylic acids is 1. The highest BCUT2D eigenvalue weighted by atomic mass is 35.5. The monoisotopic (exact) mass is 397 g/mol. The Morgan fingerprint density at radius 2 is 2.11 bits per heavy atom. The number of rotatable bonds is 5. The van der Waals surface area contributed by atoms with E-state index in [1.165, 1.54) is 0 Å². The normalized spacial score (nSPS) is 14.7. The lowest BCUT2D eigenvalue weighted by molar-refractivity contribution is -0.117. The number of hydrogen-bond acceptors (Lipinski definition) is 3. The molecule has 144 valence electrons. The van der Waals surface area contributed by atoms with Gasteiger partial charge in [-0.25, -0.2) is 4.79 Å². The van der Waals surface area contributed by atoms with Gasteiger partial charge in [-0.05, 0) is 48.2 Å². The number of carbonyl (C=O) groups excluding carboxylic acids is 1. The van der Waals surface area contributed by atoms with E-state index in [1.807, 2.05) is 12.1 Å². The average molecular weight is 398 g/mol. The molecule has 3 aromatic rings. The van der Waals surface area contributed by atoms with E-state index >= 15 is 0 Å². The third-order valence-corrected chi connectivity index (χ3v) is 5.32. The van der Waals surface area contributed by atoms with Gasteiger partial charge in [0.1, 0.15) is 0 Å². The minimum absolute atomic E-state index is 0.0455. The van der Waals surface area contributed by atoms with Gasteiger partial charge < -0.3 is 10.0 Å². The van der Waals surface area contributed by atoms with Crippen molar-refractivity contribution in [3.05, 3.63) is 58.2 Å². The zero-order chi connectivity index (χ0) is 20.0. The first-order valence-electron chi connectivity index (χ1n) is 9.16. The lowest BCUT2D eigenvalue weighted by Crippen LogP contribution is -2.32. The molecule has 0 saturated heterocycles. The molecular weight excluding hydrogens is 378 g/mol. The van der Waals surface area contributed by atoms with Crippen LogP contribution in [0.5, 0.6) is 0 Å². The van der Waals surface area contributed by atoms with Crippen LogP contribution in [-0.2, 0) is 11.2 Å². The summed E-state index contributed by atoms with van der Waals surface area (Å²) < 4.78 is 0. The predicted octanol–water partition coefficient (Wildman–Crippen LogP) is 4.59. The number of fused-ring (bicyclic) bond motifs is 2. The second-order valence-electron chi connectivity index (χ2n) is 7.56. The van der Waals surface area contributed by atoms with Gasteiger partial charge in [0.15, 0.2) is 0 Å². The van der Waals surface area contributed by atoms with Gasteiger partial charge in [-0.1, -0.05) is 25.4 Å². The lowest BCUT2D eigenvalue weighted by Gasteiger charge is -2.31. The maximum atomic E-state index is 13.0. The molecule has 28 heavy (non-hydrogen) atoms. The Morgan fingerprint density at radius 1 is 1.32 bits per heavy atom. The van der Waals surface area contributed by atoms with Gasteiger partial charge >= 0.3 is 5.97 Å². The van der Waals surface area contributed by atoms with E-state index in [9.17, 15) is 14.7 Å². The first-order valence-corrected chi connectivity index (χ1v) is 9.53. The van der Waals surface area contributed by atoms with Gasteiger partial charge in [0, 0.05) is 21.7 Å². The Hall–Kier alpha value is -2.86. The van der Waals surface area contributed by atoms with Crippen molar-refractivity contribution in [1.82, 2.24) is 10.2 Å². The van der Waals surface area contributed by atoms with Crippen LogP contribution >= 0.6 is 11.6 Å².